The molecular weight excluding hydrogens is 788 g/mol. The van der Waals surface area contributed by atoms with Gasteiger partial charge in [-0.05, 0) is 83.2 Å². The highest BCUT2D eigenvalue weighted by Crippen LogP contribution is 2.42. The molecule has 1 amide bonds. The third-order valence-corrected chi connectivity index (χ3v) is 10.8. The Hall–Kier alpha value is -4.74. The number of aromatic carboxylic acids is 1. The number of rotatable bonds is 12. The fraction of sp³-hybridized carbons (Fsp3) is 0.297. The Kier molecular flexibility index (Phi) is 11.6. The summed E-state index contributed by atoms with van der Waals surface area (Å²) in [5, 5.41) is 11.6. The number of ether oxygens (including phenoxy) is 1. The van der Waals surface area contributed by atoms with E-state index in [2.05, 4.69) is 10.1 Å². The number of halogens is 9. The van der Waals surface area contributed by atoms with Crippen molar-refractivity contribution in [1.82, 2.24) is 4.31 Å². The van der Waals surface area contributed by atoms with E-state index in [-0.39, 0.29) is 26.4 Å². The molecule has 18 heteroatoms. The molecule has 2 N–H and O–H groups in total. The SMILES string of the molecule is CC(C)(C)c1cc(CC(C(=O)Nc2ccc(C(=O)O)cc2OC(F)(F)F)N(Cc2ccc(Cl)cc2)S(=O)(=O)c2c(F)c(F)c(F)c(F)c2F)cc(C2CC2)c1. The van der Waals surface area contributed by atoms with Gasteiger partial charge in [-0.15, -0.1) is 13.2 Å². The normalized spacial score (nSPS) is 14.2. The first-order chi connectivity index (χ1) is 25.5. The lowest BCUT2D eigenvalue weighted by atomic mass is 9.83. The molecule has 0 heterocycles. The Morgan fingerprint density at radius 1 is 0.873 bits per heavy atom. The van der Waals surface area contributed by atoms with Gasteiger partial charge in [0.2, 0.25) is 21.7 Å². The number of hydrogen-bond acceptors (Lipinski definition) is 5. The van der Waals surface area contributed by atoms with E-state index in [0.717, 1.165) is 36.1 Å². The van der Waals surface area contributed by atoms with E-state index < -0.39 is 104 Å². The number of anilines is 1. The lowest BCUT2D eigenvalue weighted by molar-refractivity contribution is -0.274. The summed E-state index contributed by atoms with van der Waals surface area (Å²) in [7, 11) is -5.94. The quantitative estimate of drug-likeness (QED) is 0.0838. The van der Waals surface area contributed by atoms with Gasteiger partial charge in [0.15, 0.2) is 33.9 Å². The molecular formula is C37H31ClF8N2O6S. The molecule has 5 rings (SSSR count). The second kappa shape index (κ2) is 15.4. The van der Waals surface area contributed by atoms with Gasteiger partial charge < -0.3 is 15.2 Å². The summed E-state index contributed by atoms with van der Waals surface area (Å²) in [6.07, 6.45) is -4.45. The Labute approximate surface area is 314 Å². The molecule has 294 valence electrons. The number of nitrogens with zero attached hydrogens (tertiary/aromatic N) is 1. The highest BCUT2D eigenvalue weighted by Gasteiger charge is 2.43. The van der Waals surface area contributed by atoms with Gasteiger partial charge in [-0.3, -0.25) is 4.79 Å². The van der Waals surface area contributed by atoms with Crippen LogP contribution in [0.1, 0.15) is 72.1 Å². The summed E-state index contributed by atoms with van der Waals surface area (Å²) in [4.78, 5) is 23.7. The van der Waals surface area contributed by atoms with E-state index in [4.69, 9.17) is 11.6 Å². The van der Waals surface area contributed by atoms with Crippen molar-refractivity contribution in [1.29, 1.82) is 0 Å². The molecule has 4 aromatic carbocycles. The topological polar surface area (TPSA) is 113 Å². The first-order valence-electron chi connectivity index (χ1n) is 16.3. The van der Waals surface area contributed by atoms with E-state index in [0.29, 0.717) is 6.07 Å². The van der Waals surface area contributed by atoms with Crippen LogP contribution >= 0.6 is 11.6 Å². The van der Waals surface area contributed by atoms with Crippen molar-refractivity contribution in [3.63, 3.8) is 0 Å². The van der Waals surface area contributed by atoms with E-state index in [1.165, 1.54) is 24.3 Å². The largest absolute Gasteiger partial charge is 0.573 e. The average molecular weight is 819 g/mol. The number of alkyl halides is 3. The summed E-state index contributed by atoms with van der Waals surface area (Å²) >= 11 is 5.98. The molecule has 0 saturated heterocycles. The maximum Gasteiger partial charge on any atom is 0.573 e. The van der Waals surface area contributed by atoms with Crippen LogP contribution in [-0.2, 0) is 33.2 Å². The zero-order valence-corrected chi connectivity index (χ0v) is 30.6. The smallest absolute Gasteiger partial charge is 0.478 e. The van der Waals surface area contributed by atoms with E-state index >= 15 is 8.78 Å². The van der Waals surface area contributed by atoms with Gasteiger partial charge in [0.05, 0.1) is 11.3 Å². The van der Waals surface area contributed by atoms with Crippen molar-refractivity contribution >= 4 is 39.2 Å². The van der Waals surface area contributed by atoms with Crippen LogP contribution in [0.5, 0.6) is 5.75 Å². The molecule has 1 aliphatic carbocycles. The summed E-state index contributed by atoms with van der Waals surface area (Å²) in [5.74, 6) is -17.5. The number of amides is 1. The minimum absolute atomic E-state index is 0.00339. The van der Waals surface area contributed by atoms with Crippen LogP contribution in [0.4, 0.5) is 40.8 Å². The van der Waals surface area contributed by atoms with Crippen molar-refractivity contribution < 1.29 is 63.0 Å². The van der Waals surface area contributed by atoms with Gasteiger partial charge in [0, 0.05) is 11.6 Å². The van der Waals surface area contributed by atoms with Gasteiger partial charge in [-0.2, -0.15) is 4.31 Å². The number of hydrogen-bond donors (Lipinski definition) is 2. The molecule has 0 radical (unpaired) electrons. The summed E-state index contributed by atoms with van der Waals surface area (Å²) in [6.45, 7) is 4.65. The van der Waals surface area contributed by atoms with Crippen LogP contribution in [0, 0.1) is 29.1 Å². The molecule has 1 unspecified atom stereocenters. The number of benzene rings is 4. The molecule has 8 nitrogen and oxygen atoms in total. The Morgan fingerprint density at radius 2 is 1.45 bits per heavy atom. The van der Waals surface area contributed by atoms with E-state index in [1.54, 1.807) is 12.1 Å². The zero-order valence-electron chi connectivity index (χ0n) is 29.0. The highest BCUT2D eigenvalue weighted by molar-refractivity contribution is 7.89. The Bertz CT molecular complexity index is 2230. The van der Waals surface area contributed by atoms with Gasteiger partial charge in [-0.1, -0.05) is 62.7 Å². The second-order valence-electron chi connectivity index (χ2n) is 13.8. The van der Waals surface area contributed by atoms with Crippen LogP contribution in [0.15, 0.2) is 65.6 Å². The third kappa shape index (κ3) is 9.39. The van der Waals surface area contributed by atoms with Crippen molar-refractivity contribution in [3.8, 4) is 5.75 Å². The molecule has 1 fully saturated rings. The molecule has 1 saturated carbocycles. The molecule has 0 spiro atoms. The predicted octanol–water partition coefficient (Wildman–Crippen LogP) is 9.25. The maximum absolute atomic E-state index is 15.3. The van der Waals surface area contributed by atoms with Crippen molar-refractivity contribution in [2.45, 2.75) is 75.2 Å². The first-order valence-corrected chi connectivity index (χ1v) is 18.2. The van der Waals surface area contributed by atoms with E-state index in [9.17, 15) is 49.5 Å². The second-order valence-corrected chi connectivity index (χ2v) is 16.1. The first kappa shape index (κ1) is 41.4. The lowest BCUT2D eigenvalue weighted by Crippen LogP contribution is -2.48. The fourth-order valence-electron chi connectivity index (χ4n) is 5.71. The van der Waals surface area contributed by atoms with Crippen LogP contribution < -0.4 is 10.1 Å². The number of nitrogens with one attached hydrogen (secondary N) is 1. The minimum Gasteiger partial charge on any atom is -0.478 e. The van der Waals surface area contributed by atoms with Crippen LogP contribution in [0.3, 0.4) is 0 Å². The van der Waals surface area contributed by atoms with Gasteiger partial charge in [0.1, 0.15) is 6.04 Å². The molecule has 0 aliphatic heterocycles. The minimum atomic E-state index is -5.94. The number of carbonyl (C=O) groups excluding carboxylic acids is 1. The van der Waals surface area contributed by atoms with Gasteiger partial charge in [-0.25, -0.2) is 35.2 Å². The van der Waals surface area contributed by atoms with Crippen molar-refractivity contribution in [2.24, 2.45) is 0 Å². The molecule has 1 atom stereocenters. The van der Waals surface area contributed by atoms with Gasteiger partial charge in [0.25, 0.3) is 0 Å². The number of carbonyl (C=O) groups is 2. The number of carboxylic acids is 1. The zero-order chi connectivity index (χ0) is 40.8. The van der Waals surface area contributed by atoms with Crippen LogP contribution in [0.25, 0.3) is 0 Å². The van der Waals surface area contributed by atoms with E-state index in [1.807, 2.05) is 26.8 Å². The molecule has 0 aromatic heterocycles. The summed E-state index contributed by atoms with van der Waals surface area (Å²) in [6, 6.07) is 10.0. The standard InChI is InChI=1S/C37H31ClF8N2O6S/c1-36(2,3)23-13-19(12-22(15-23)20-6-7-20)14-26(34(49)47-25-11-8-21(35(50)51)16-27(25)54-37(44,45)46)48(17-18-4-9-24(38)10-5-18)55(52,53)33-31(42)29(40)28(39)30(41)32(33)43/h4-5,8-13,15-16,20,26H,6-7,14,17H2,1-3H3,(H,47,49)(H,50,51). The van der Waals surface area contributed by atoms with Crippen molar-refractivity contribution in [3.05, 3.63) is 123 Å². The lowest BCUT2D eigenvalue weighted by Gasteiger charge is -2.31. The van der Waals surface area contributed by atoms with Crippen molar-refractivity contribution in [2.75, 3.05) is 5.32 Å². The summed E-state index contributed by atoms with van der Waals surface area (Å²) in [5.41, 5.74) is -0.211. The highest BCUT2D eigenvalue weighted by atomic mass is 35.5. The molecule has 1 aliphatic rings. The van der Waals surface area contributed by atoms with Crippen LogP contribution in [0.2, 0.25) is 5.02 Å². The van der Waals surface area contributed by atoms with Crippen LogP contribution in [-0.4, -0.2) is 42.1 Å². The third-order valence-electron chi connectivity index (χ3n) is 8.71. The Morgan fingerprint density at radius 3 is 1.98 bits per heavy atom. The maximum atomic E-state index is 15.3. The average Bonchev–Trinajstić information content (AvgIpc) is 3.94. The fourth-order valence-corrected chi connectivity index (χ4v) is 7.53. The Balaban J connectivity index is 1.75. The predicted molar refractivity (Wildman–Crippen MR) is 184 cm³/mol. The summed E-state index contributed by atoms with van der Waals surface area (Å²) < 4.78 is 147. The van der Waals surface area contributed by atoms with Gasteiger partial charge >= 0.3 is 12.3 Å². The molecule has 4 aromatic rings. The monoisotopic (exact) mass is 818 g/mol. The molecule has 0 bridgehead atoms. The number of carboxylic acid groups (broad SMARTS) is 1. The molecule has 55 heavy (non-hydrogen) atoms. The number of sulfonamides is 1.